The topological polar surface area (TPSA) is 87.2 Å². The molecule has 26 heavy (non-hydrogen) atoms. The molecule has 1 saturated carbocycles. The van der Waals surface area contributed by atoms with Crippen molar-refractivity contribution in [3.63, 3.8) is 0 Å². The normalized spacial score (nSPS) is 19.0. The molecule has 0 spiro atoms. The summed E-state index contributed by atoms with van der Waals surface area (Å²) in [6.07, 6.45) is 10.3. The summed E-state index contributed by atoms with van der Waals surface area (Å²) in [5.41, 5.74) is 0. The number of likely N-dealkylation sites (tertiary alicyclic amines) is 1. The highest BCUT2D eigenvalue weighted by molar-refractivity contribution is 8.01. The fraction of sp³-hybridized carbons (Fsp3) is 0.765. The number of anilines is 1. The summed E-state index contributed by atoms with van der Waals surface area (Å²) >= 11 is 2.71. The van der Waals surface area contributed by atoms with Crippen LogP contribution in [0.2, 0.25) is 0 Å². The van der Waals surface area contributed by atoms with Crippen LogP contribution in [0.15, 0.2) is 4.34 Å². The molecule has 2 fully saturated rings. The number of carbonyl (C=O) groups is 2. The minimum absolute atomic E-state index is 0.164. The van der Waals surface area contributed by atoms with E-state index < -0.39 is 0 Å². The Hall–Kier alpha value is -1.35. The first kappa shape index (κ1) is 19.4. The summed E-state index contributed by atoms with van der Waals surface area (Å²) in [4.78, 5) is 26.3. The summed E-state index contributed by atoms with van der Waals surface area (Å²) in [5.74, 6) is 0.541. The number of rotatable bonds is 5. The molecular formula is C17H27N5O2S2. The van der Waals surface area contributed by atoms with Crippen molar-refractivity contribution in [2.24, 2.45) is 0 Å². The Balaban J connectivity index is 1.40. The average Bonchev–Trinajstić information content (AvgIpc) is 2.91. The first-order chi connectivity index (χ1) is 12.7. The molecule has 0 aromatic carbocycles. The van der Waals surface area contributed by atoms with Crippen LogP contribution in [0.5, 0.6) is 0 Å². The molecule has 2 aliphatic rings. The lowest BCUT2D eigenvalue weighted by Crippen LogP contribution is -2.38. The first-order valence-electron chi connectivity index (χ1n) is 9.52. The SMILES string of the molecule is O=C(Nc1nnc(SCC(=O)N2CCCCCC2)s1)NC1CCCCC1. The lowest BCUT2D eigenvalue weighted by atomic mass is 9.96. The molecule has 1 aliphatic heterocycles. The van der Waals surface area contributed by atoms with Gasteiger partial charge < -0.3 is 10.2 Å². The Labute approximate surface area is 162 Å². The Morgan fingerprint density at radius 1 is 1.04 bits per heavy atom. The molecule has 1 saturated heterocycles. The zero-order valence-corrected chi connectivity index (χ0v) is 16.7. The smallest absolute Gasteiger partial charge is 0.321 e. The summed E-state index contributed by atoms with van der Waals surface area (Å²) in [6.45, 7) is 1.73. The van der Waals surface area contributed by atoms with E-state index >= 15 is 0 Å². The van der Waals surface area contributed by atoms with Crippen LogP contribution in [0, 0.1) is 0 Å². The standard InChI is InChI=1S/C17H27N5O2S2/c23-14(22-10-6-1-2-7-11-22)12-25-17-21-20-16(26-17)19-15(24)18-13-8-4-3-5-9-13/h13H,1-12H2,(H2,18,19,20,24). The van der Waals surface area contributed by atoms with Gasteiger partial charge in [-0.05, 0) is 25.7 Å². The van der Waals surface area contributed by atoms with Gasteiger partial charge in [0.05, 0.1) is 5.75 Å². The van der Waals surface area contributed by atoms with Gasteiger partial charge in [0.25, 0.3) is 0 Å². The van der Waals surface area contributed by atoms with Crippen LogP contribution in [-0.4, -0.2) is 51.9 Å². The molecule has 2 N–H and O–H groups in total. The second-order valence-corrected chi connectivity index (χ2v) is 9.09. The number of aromatic nitrogens is 2. The van der Waals surface area contributed by atoms with Gasteiger partial charge in [-0.25, -0.2) is 4.79 Å². The monoisotopic (exact) mass is 397 g/mol. The van der Waals surface area contributed by atoms with Crippen molar-refractivity contribution in [2.75, 3.05) is 24.2 Å². The van der Waals surface area contributed by atoms with Crippen LogP contribution in [-0.2, 0) is 4.79 Å². The second kappa shape index (κ2) is 10.1. The van der Waals surface area contributed by atoms with Gasteiger partial charge >= 0.3 is 6.03 Å². The number of thioether (sulfide) groups is 1. The van der Waals surface area contributed by atoms with E-state index in [2.05, 4.69) is 20.8 Å². The van der Waals surface area contributed by atoms with Crippen molar-refractivity contribution in [1.29, 1.82) is 0 Å². The molecule has 144 valence electrons. The predicted octanol–water partition coefficient (Wildman–Crippen LogP) is 3.49. The van der Waals surface area contributed by atoms with Crippen LogP contribution in [0.1, 0.15) is 57.8 Å². The quantitative estimate of drug-likeness (QED) is 0.587. The molecular weight excluding hydrogens is 370 g/mol. The largest absolute Gasteiger partial charge is 0.342 e. The third-order valence-electron chi connectivity index (χ3n) is 4.85. The van der Waals surface area contributed by atoms with E-state index in [1.165, 1.54) is 55.2 Å². The van der Waals surface area contributed by atoms with Gasteiger partial charge in [0.15, 0.2) is 4.34 Å². The Kier molecular flexibility index (Phi) is 7.55. The highest BCUT2D eigenvalue weighted by atomic mass is 32.2. The van der Waals surface area contributed by atoms with E-state index in [-0.39, 0.29) is 18.0 Å². The van der Waals surface area contributed by atoms with E-state index in [0.29, 0.717) is 15.2 Å². The molecule has 1 aromatic rings. The van der Waals surface area contributed by atoms with Crippen molar-refractivity contribution in [1.82, 2.24) is 20.4 Å². The van der Waals surface area contributed by atoms with Gasteiger partial charge in [-0.1, -0.05) is 55.2 Å². The van der Waals surface area contributed by atoms with Gasteiger partial charge in [-0.3, -0.25) is 10.1 Å². The maximum atomic E-state index is 12.3. The maximum Gasteiger partial charge on any atom is 0.321 e. The average molecular weight is 398 g/mol. The first-order valence-corrected chi connectivity index (χ1v) is 11.3. The van der Waals surface area contributed by atoms with E-state index in [4.69, 9.17) is 0 Å². The number of hydrogen-bond acceptors (Lipinski definition) is 6. The minimum atomic E-state index is -0.217. The summed E-state index contributed by atoms with van der Waals surface area (Å²) < 4.78 is 0.709. The van der Waals surface area contributed by atoms with Gasteiger partial charge in [0.2, 0.25) is 11.0 Å². The van der Waals surface area contributed by atoms with E-state index in [1.807, 2.05) is 4.90 Å². The van der Waals surface area contributed by atoms with Crippen LogP contribution in [0.25, 0.3) is 0 Å². The second-order valence-electron chi connectivity index (χ2n) is 6.89. The van der Waals surface area contributed by atoms with Crippen LogP contribution in [0.3, 0.4) is 0 Å². The molecule has 1 aliphatic carbocycles. The number of nitrogens with zero attached hydrogens (tertiary/aromatic N) is 3. The number of amides is 3. The zero-order chi connectivity index (χ0) is 18.2. The fourth-order valence-electron chi connectivity index (χ4n) is 3.42. The molecule has 0 unspecified atom stereocenters. The van der Waals surface area contributed by atoms with Gasteiger partial charge in [-0.2, -0.15) is 0 Å². The molecule has 0 radical (unpaired) electrons. The molecule has 9 heteroatoms. The molecule has 0 atom stereocenters. The number of carbonyl (C=O) groups excluding carboxylic acids is 2. The van der Waals surface area contributed by atoms with Gasteiger partial charge in [0.1, 0.15) is 0 Å². The van der Waals surface area contributed by atoms with E-state index in [0.717, 1.165) is 38.8 Å². The van der Waals surface area contributed by atoms with Crippen molar-refractivity contribution >= 4 is 40.2 Å². The Morgan fingerprint density at radius 3 is 2.46 bits per heavy atom. The van der Waals surface area contributed by atoms with Crippen molar-refractivity contribution < 1.29 is 9.59 Å². The van der Waals surface area contributed by atoms with E-state index in [1.54, 1.807) is 0 Å². The highest BCUT2D eigenvalue weighted by Crippen LogP contribution is 2.26. The van der Waals surface area contributed by atoms with Crippen LogP contribution < -0.4 is 10.6 Å². The number of urea groups is 1. The van der Waals surface area contributed by atoms with Crippen LogP contribution in [0.4, 0.5) is 9.93 Å². The van der Waals surface area contributed by atoms with Crippen molar-refractivity contribution in [2.45, 2.75) is 68.2 Å². The zero-order valence-electron chi connectivity index (χ0n) is 15.0. The lowest BCUT2D eigenvalue weighted by molar-refractivity contribution is -0.128. The summed E-state index contributed by atoms with van der Waals surface area (Å²) in [7, 11) is 0. The molecule has 1 aromatic heterocycles. The molecule has 2 heterocycles. The molecule has 3 amide bonds. The Morgan fingerprint density at radius 2 is 1.73 bits per heavy atom. The Bertz CT molecular complexity index is 596. The highest BCUT2D eigenvalue weighted by Gasteiger charge is 2.18. The lowest BCUT2D eigenvalue weighted by Gasteiger charge is -2.22. The summed E-state index contributed by atoms with van der Waals surface area (Å²) in [6, 6.07) is 0.0435. The number of nitrogens with one attached hydrogen (secondary N) is 2. The van der Waals surface area contributed by atoms with Crippen molar-refractivity contribution in [3.8, 4) is 0 Å². The fourth-order valence-corrected chi connectivity index (χ4v) is 5.07. The molecule has 3 rings (SSSR count). The van der Waals surface area contributed by atoms with Gasteiger partial charge in [0, 0.05) is 19.1 Å². The molecule has 0 bridgehead atoms. The minimum Gasteiger partial charge on any atom is -0.342 e. The predicted molar refractivity (Wildman–Crippen MR) is 105 cm³/mol. The maximum absolute atomic E-state index is 12.3. The third kappa shape index (κ3) is 6.12. The number of hydrogen-bond donors (Lipinski definition) is 2. The van der Waals surface area contributed by atoms with Gasteiger partial charge in [-0.15, -0.1) is 10.2 Å². The van der Waals surface area contributed by atoms with Crippen LogP contribution >= 0.6 is 23.1 Å². The molecule has 7 nitrogen and oxygen atoms in total. The van der Waals surface area contributed by atoms with Crippen molar-refractivity contribution in [3.05, 3.63) is 0 Å². The van der Waals surface area contributed by atoms with E-state index in [9.17, 15) is 9.59 Å². The summed E-state index contributed by atoms with van der Waals surface area (Å²) in [5, 5.41) is 14.3. The third-order valence-corrected chi connectivity index (χ3v) is 6.80.